The summed E-state index contributed by atoms with van der Waals surface area (Å²) in [5.41, 5.74) is 2.22. The lowest BCUT2D eigenvalue weighted by Crippen LogP contribution is -2.15. The molecule has 0 aliphatic heterocycles. The molecule has 1 aromatic heterocycles. The molecule has 2 N–H and O–H groups in total. The molecule has 118 valence electrons. The van der Waals surface area contributed by atoms with Gasteiger partial charge in [0.15, 0.2) is 0 Å². The van der Waals surface area contributed by atoms with Crippen LogP contribution in [-0.4, -0.2) is 20.8 Å². The van der Waals surface area contributed by atoms with Crippen LogP contribution in [0, 0.1) is 0 Å². The molecular formula is C17H16FN3O2. The lowest BCUT2D eigenvalue weighted by atomic mass is 10.0. The molecule has 1 aromatic carbocycles. The predicted molar refractivity (Wildman–Crippen MR) is 85.4 cm³/mol. The molecule has 5 nitrogen and oxygen atoms in total. The number of nitrogens with zero attached hydrogens (tertiary/aromatic N) is 2. The van der Waals surface area contributed by atoms with E-state index in [-0.39, 0.29) is 17.5 Å². The van der Waals surface area contributed by atoms with Gasteiger partial charge in [0.05, 0.1) is 5.69 Å². The number of carbonyl (C=O) groups excluding carboxylic acids is 1. The summed E-state index contributed by atoms with van der Waals surface area (Å²) in [4.78, 5) is 12.2. The van der Waals surface area contributed by atoms with Crippen molar-refractivity contribution >= 4 is 11.6 Å². The SMILES string of the molecule is Cn1nccc1-c1cc(NC(=O)C2=CC(F)=CCC2)ccc1O. The van der Waals surface area contributed by atoms with Gasteiger partial charge in [0.25, 0.3) is 5.91 Å². The number of allylic oxidation sites excluding steroid dienone is 3. The van der Waals surface area contributed by atoms with Crippen molar-refractivity contribution in [1.29, 1.82) is 0 Å². The minimum Gasteiger partial charge on any atom is -0.507 e. The van der Waals surface area contributed by atoms with Gasteiger partial charge in [0.1, 0.15) is 11.6 Å². The molecule has 1 aliphatic carbocycles. The maximum Gasteiger partial charge on any atom is 0.251 e. The van der Waals surface area contributed by atoms with Gasteiger partial charge in [-0.05, 0) is 49.3 Å². The third-order valence-corrected chi connectivity index (χ3v) is 3.71. The Balaban J connectivity index is 1.86. The van der Waals surface area contributed by atoms with Crippen molar-refractivity contribution in [3.8, 4) is 17.0 Å². The number of phenolic OH excluding ortho intramolecular Hbond substituents is 1. The largest absolute Gasteiger partial charge is 0.507 e. The van der Waals surface area contributed by atoms with Crippen molar-refractivity contribution in [3.63, 3.8) is 0 Å². The monoisotopic (exact) mass is 313 g/mol. The minimum absolute atomic E-state index is 0.0949. The van der Waals surface area contributed by atoms with Gasteiger partial charge < -0.3 is 10.4 Å². The molecule has 1 heterocycles. The molecule has 0 spiro atoms. The zero-order valence-electron chi connectivity index (χ0n) is 12.6. The highest BCUT2D eigenvalue weighted by Gasteiger charge is 2.15. The van der Waals surface area contributed by atoms with Crippen molar-refractivity contribution in [3.05, 3.63) is 54.0 Å². The summed E-state index contributed by atoms with van der Waals surface area (Å²) in [7, 11) is 1.77. The first-order valence-corrected chi connectivity index (χ1v) is 7.23. The molecule has 0 atom stereocenters. The zero-order valence-corrected chi connectivity index (χ0v) is 12.6. The predicted octanol–water partition coefficient (Wildman–Crippen LogP) is 3.30. The summed E-state index contributed by atoms with van der Waals surface area (Å²) < 4.78 is 14.9. The number of rotatable bonds is 3. The van der Waals surface area contributed by atoms with Crippen LogP contribution >= 0.6 is 0 Å². The fourth-order valence-electron chi connectivity index (χ4n) is 2.51. The van der Waals surface area contributed by atoms with Crippen molar-refractivity contribution in [2.45, 2.75) is 12.8 Å². The van der Waals surface area contributed by atoms with Crippen molar-refractivity contribution < 1.29 is 14.3 Å². The molecule has 23 heavy (non-hydrogen) atoms. The Morgan fingerprint density at radius 1 is 1.39 bits per heavy atom. The highest BCUT2D eigenvalue weighted by molar-refractivity contribution is 6.04. The van der Waals surface area contributed by atoms with Crippen LogP contribution in [0.4, 0.5) is 10.1 Å². The van der Waals surface area contributed by atoms with Crippen LogP contribution in [0.5, 0.6) is 5.75 Å². The minimum atomic E-state index is -0.386. The number of phenols is 1. The highest BCUT2D eigenvalue weighted by atomic mass is 19.1. The van der Waals surface area contributed by atoms with Crippen LogP contribution in [0.1, 0.15) is 12.8 Å². The summed E-state index contributed by atoms with van der Waals surface area (Å²) in [5.74, 6) is -0.630. The first-order chi connectivity index (χ1) is 11.0. The van der Waals surface area contributed by atoms with E-state index in [1.807, 2.05) is 0 Å². The smallest absolute Gasteiger partial charge is 0.251 e. The third kappa shape index (κ3) is 3.15. The van der Waals surface area contributed by atoms with Crippen LogP contribution in [-0.2, 0) is 11.8 Å². The normalized spacial score (nSPS) is 14.2. The molecule has 3 rings (SSSR count). The highest BCUT2D eigenvalue weighted by Crippen LogP contribution is 2.31. The van der Waals surface area contributed by atoms with Crippen LogP contribution < -0.4 is 5.32 Å². The lowest BCUT2D eigenvalue weighted by molar-refractivity contribution is -0.113. The number of hydrogen-bond acceptors (Lipinski definition) is 3. The van der Waals surface area contributed by atoms with Gasteiger partial charge in [-0.15, -0.1) is 0 Å². The number of aryl methyl sites for hydroxylation is 1. The third-order valence-electron chi connectivity index (χ3n) is 3.71. The Hall–Kier alpha value is -2.89. The van der Waals surface area contributed by atoms with E-state index < -0.39 is 0 Å². The maximum atomic E-state index is 13.2. The number of benzene rings is 1. The quantitative estimate of drug-likeness (QED) is 0.854. The fraction of sp³-hybridized carbons (Fsp3) is 0.176. The number of anilines is 1. The molecule has 1 amide bonds. The molecule has 0 bridgehead atoms. The summed E-state index contributed by atoms with van der Waals surface area (Å²) in [6.45, 7) is 0. The van der Waals surface area contributed by atoms with Gasteiger partial charge in [-0.25, -0.2) is 4.39 Å². The molecule has 6 heteroatoms. The van der Waals surface area contributed by atoms with Gasteiger partial charge in [-0.2, -0.15) is 5.10 Å². The van der Waals surface area contributed by atoms with Crippen molar-refractivity contribution in [1.82, 2.24) is 9.78 Å². The first kappa shape index (κ1) is 15.0. The molecule has 0 unspecified atom stereocenters. The molecule has 1 aliphatic rings. The van der Waals surface area contributed by atoms with Crippen LogP contribution in [0.25, 0.3) is 11.3 Å². The summed E-state index contributed by atoms with van der Waals surface area (Å²) >= 11 is 0. The second kappa shape index (κ2) is 6.08. The van der Waals surface area contributed by atoms with Gasteiger partial charge in [0, 0.05) is 30.1 Å². The Morgan fingerprint density at radius 2 is 2.22 bits per heavy atom. The van der Waals surface area contributed by atoms with Gasteiger partial charge in [-0.1, -0.05) is 0 Å². The summed E-state index contributed by atoms with van der Waals surface area (Å²) in [5, 5.41) is 16.8. The van der Waals surface area contributed by atoms with Gasteiger partial charge >= 0.3 is 0 Å². The summed E-state index contributed by atoms with van der Waals surface area (Å²) in [6, 6.07) is 6.54. The van der Waals surface area contributed by atoms with Crippen LogP contribution in [0.2, 0.25) is 0 Å². The van der Waals surface area contributed by atoms with E-state index in [1.54, 1.807) is 36.1 Å². The molecule has 0 fully saturated rings. The second-order valence-electron chi connectivity index (χ2n) is 5.32. The first-order valence-electron chi connectivity index (χ1n) is 7.23. The van der Waals surface area contributed by atoms with E-state index >= 15 is 0 Å². The van der Waals surface area contributed by atoms with Gasteiger partial charge in [0.2, 0.25) is 0 Å². The summed E-state index contributed by atoms with van der Waals surface area (Å²) in [6.07, 6.45) is 5.36. The lowest BCUT2D eigenvalue weighted by Gasteiger charge is -2.12. The van der Waals surface area contributed by atoms with Crippen LogP contribution in [0.15, 0.2) is 54.0 Å². The number of nitrogens with one attached hydrogen (secondary N) is 1. The Labute approximate surface area is 132 Å². The van der Waals surface area contributed by atoms with E-state index in [2.05, 4.69) is 10.4 Å². The maximum absolute atomic E-state index is 13.2. The van der Waals surface area contributed by atoms with E-state index in [9.17, 15) is 14.3 Å². The number of amides is 1. The topological polar surface area (TPSA) is 67.2 Å². The van der Waals surface area contributed by atoms with E-state index in [0.717, 1.165) is 5.69 Å². The number of hydrogen-bond donors (Lipinski definition) is 2. The molecule has 0 saturated carbocycles. The molecule has 0 radical (unpaired) electrons. The second-order valence-corrected chi connectivity index (χ2v) is 5.32. The molecular weight excluding hydrogens is 297 g/mol. The molecule has 0 saturated heterocycles. The molecule has 2 aromatic rings. The fourth-order valence-corrected chi connectivity index (χ4v) is 2.51. The Morgan fingerprint density at radius 3 is 2.91 bits per heavy atom. The van der Waals surface area contributed by atoms with Crippen LogP contribution in [0.3, 0.4) is 0 Å². The van der Waals surface area contributed by atoms with Crippen molar-refractivity contribution in [2.24, 2.45) is 7.05 Å². The van der Waals surface area contributed by atoms with E-state index in [0.29, 0.717) is 29.7 Å². The average Bonchev–Trinajstić information content (AvgIpc) is 2.95. The number of aromatic nitrogens is 2. The van der Waals surface area contributed by atoms with Crippen molar-refractivity contribution in [2.75, 3.05) is 5.32 Å². The zero-order chi connectivity index (χ0) is 16.4. The van der Waals surface area contributed by atoms with Gasteiger partial charge in [-0.3, -0.25) is 9.48 Å². The van der Waals surface area contributed by atoms with E-state index in [1.165, 1.54) is 18.2 Å². The Kier molecular flexibility index (Phi) is 3.97. The Bertz CT molecular complexity index is 821. The number of halogens is 1. The number of carbonyl (C=O) groups is 1. The van der Waals surface area contributed by atoms with E-state index in [4.69, 9.17) is 0 Å². The average molecular weight is 313 g/mol. The standard InChI is InChI=1S/C17H16FN3O2/c1-21-15(7-8-19-21)14-10-13(5-6-16(14)22)20-17(23)11-3-2-4-12(18)9-11/h4-10,22H,2-3H2,1H3,(H,20,23). The number of aromatic hydroxyl groups is 1.